The maximum Gasteiger partial charge on any atom is 0.0641 e. The molecule has 1 heterocycles. The Kier molecular flexibility index (Phi) is 4.31. The highest BCUT2D eigenvalue weighted by molar-refractivity contribution is 8.00. The van der Waals surface area contributed by atoms with Gasteiger partial charge in [0.15, 0.2) is 0 Å². The van der Waals surface area contributed by atoms with Crippen LogP contribution in [0.15, 0.2) is 30.3 Å². The summed E-state index contributed by atoms with van der Waals surface area (Å²) in [6, 6.07) is 13.0. The zero-order valence-electron chi connectivity index (χ0n) is 11.1. The summed E-state index contributed by atoms with van der Waals surface area (Å²) < 4.78 is 0.292. The fraction of sp³-hybridized carbons (Fsp3) is 0.533. The second-order valence-corrected chi connectivity index (χ2v) is 7.17. The molecule has 0 N–H and O–H groups in total. The van der Waals surface area contributed by atoms with Crippen molar-refractivity contribution in [1.29, 1.82) is 5.26 Å². The molecule has 3 heteroatoms. The maximum atomic E-state index is 9.08. The molecule has 1 aromatic carbocycles. The smallest absolute Gasteiger partial charge is 0.0641 e. The summed E-state index contributed by atoms with van der Waals surface area (Å²) in [7, 11) is 0. The first-order valence-electron chi connectivity index (χ1n) is 6.42. The van der Waals surface area contributed by atoms with E-state index in [1.54, 1.807) is 0 Å². The van der Waals surface area contributed by atoms with Gasteiger partial charge in [0, 0.05) is 29.6 Å². The fourth-order valence-electron chi connectivity index (χ4n) is 2.54. The van der Waals surface area contributed by atoms with Crippen molar-refractivity contribution in [3.05, 3.63) is 35.9 Å². The molecule has 0 saturated carbocycles. The van der Waals surface area contributed by atoms with Crippen LogP contribution in [0.2, 0.25) is 0 Å². The minimum absolute atomic E-state index is 0.247. The van der Waals surface area contributed by atoms with Crippen LogP contribution < -0.4 is 0 Å². The predicted octanol–water partition coefficient (Wildman–Crippen LogP) is 3.47. The molecule has 1 saturated heterocycles. The highest BCUT2D eigenvalue weighted by Crippen LogP contribution is 2.35. The summed E-state index contributed by atoms with van der Waals surface area (Å²) in [5.41, 5.74) is 1.27. The van der Waals surface area contributed by atoms with Crippen LogP contribution in [0.25, 0.3) is 0 Å². The van der Waals surface area contributed by atoms with Gasteiger partial charge in [-0.15, -0.1) is 0 Å². The number of nitrogens with zero attached hydrogens (tertiary/aromatic N) is 2. The molecule has 0 aromatic heterocycles. The standard InChI is InChI=1S/C15H20N2S/c1-15(2)12-17(10-11-18-15)14(8-9-16)13-6-4-3-5-7-13/h3-7,14H,8,10-12H2,1-2H3. The molecule has 1 aliphatic heterocycles. The van der Waals surface area contributed by atoms with Gasteiger partial charge in [0.25, 0.3) is 0 Å². The van der Waals surface area contributed by atoms with Crippen molar-refractivity contribution in [3.63, 3.8) is 0 Å². The first-order chi connectivity index (χ1) is 8.62. The van der Waals surface area contributed by atoms with E-state index in [1.807, 2.05) is 17.8 Å². The van der Waals surface area contributed by atoms with Gasteiger partial charge < -0.3 is 0 Å². The van der Waals surface area contributed by atoms with Crippen LogP contribution in [0, 0.1) is 11.3 Å². The second-order valence-electron chi connectivity index (χ2n) is 5.37. The average Bonchev–Trinajstić information content (AvgIpc) is 2.36. The van der Waals surface area contributed by atoms with Crippen molar-refractivity contribution in [3.8, 4) is 6.07 Å². The molecule has 1 fully saturated rings. The molecule has 1 unspecified atom stereocenters. The van der Waals surface area contributed by atoms with Gasteiger partial charge in [0.2, 0.25) is 0 Å². The average molecular weight is 260 g/mol. The van der Waals surface area contributed by atoms with Crippen molar-refractivity contribution < 1.29 is 0 Å². The molecular formula is C15H20N2S. The molecular weight excluding hydrogens is 240 g/mol. The molecule has 18 heavy (non-hydrogen) atoms. The molecule has 0 radical (unpaired) electrons. The minimum atomic E-state index is 0.247. The van der Waals surface area contributed by atoms with Crippen molar-refractivity contribution in [2.24, 2.45) is 0 Å². The molecule has 1 aliphatic rings. The molecule has 2 nitrogen and oxygen atoms in total. The highest BCUT2D eigenvalue weighted by atomic mass is 32.2. The van der Waals surface area contributed by atoms with Gasteiger partial charge in [-0.3, -0.25) is 4.90 Å². The van der Waals surface area contributed by atoms with E-state index in [2.05, 4.69) is 49.1 Å². The molecule has 96 valence electrons. The van der Waals surface area contributed by atoms with Gasteiger partial charge in [-0.1, -0.05) is 30.3 Å². The van der Waals surface area contributed by atoms with Gasteiger partial charge in [-0.25, -0.2) is 0 Å². The van der Waals surface area contributed by atoms with Crippen LogP contribution >= 0.6 is 11.8 Å². The van der Waals surface area contributed by atoms with E-state index >= 15 is 0 Å². The molecule has 0 amide bonds. The third kappa shape index (κ3) is 3.28. The monoisotopic (exact) mass is 260 g/mol. The molecule has 2 rings (SSSR count). The summed E-state index contributed by atoms with van der Waals surface area (Å²) in [4.78, 5) is 2.47. The Morgan fingerprint density at radius 3 is 2.72 bits per heavy atom. The molecule has 1 atom stereocenters. The number of benzene rings is 1. The number of nitriles is 1. The molecule has 1 aromatic rings. The van der Waals surface area contributed by atoms with E-state index in [0.717, 1.165) is 18.8 Å². The minimum Gasteiger partial charge on any atom is -0.293 e. The summed E-state index contributed by atoms with van der Waals surface area (Å²) in [5.74, 6) is 1.15. The quantitative estimate of drug-likeness (QED) is 0.832. The predicted molar refractivity (Wildman–Crippen MR) is 77.5 cm³/mol. The van der Waals surface area contributed by atoms with E-state index < -0.39 is 0 Å². The van der Waals surface area contributed by atoms with E-state index in [1.165, 1.54) is 5.56 Å². The van der Waals surface area contributed by atoms with Gasteiger partial charge >= 0.3 is 0 Å². The van der Waals surface area contributed by atoms with Crippen LogP contribution in [0.3, 0.4) is 0 Å². The number of hydrogen-bond acceptors (Lipinski definition) is 3. The highest BCUT2D eigenvalue weighted by Gasteiger charge is 2.31. The lowest BCUT2D eigenvalue weighted by atomic mass is 10.0. The maximum absolute atomic E-state index is 9.08. The Morgan fingerprint density at radius 1 is 1.39 bits per heavy atom. The molecule has 0 bridgehead atoms. The van der Waals surface area contributed by atoms with E-state index in [0.29, 0.717) is 11.2 Å². The van der Waals surface area contributed by atoms with Gasteiger partial charge in [-0.05, 0) is 19.4 Å². The van der Waals surface area contributed by atoms with E-state index in [-0.39, 0.29) is 6.04 Å². The van der Waals surface area contributed by atoms with Crippen LogP contribution in [-0.2, 0) is 0 Å². The first kappa shape index (κ1) is 13.5. The van der Waals surface area contributed by atoms with Gasteiger partial charge in [0.05, 0.1) is 12.5 Å². The second kappa shape index (κ2) is 5.77. The Labute approximate surface area is 114 Å². The van der Waals surface area contributed by atoms with Crippen LogP contribution in [0.1, 0.15) is 31.9 Å². The Morgan fingerprint density at radius 2 is 2.11 bits per heavy atom. The lowest BCUT2D eigenvalue weighted by Crippen LogP contribution is -2.44. The van der Waals surface area contributed by atoms with Crippen molar-refractivity contribution >= 4 is 11.8 Å². The van der Waals surface area contributed by atoms with Crippen molar-refractivity contribution in [2.75, 3.05) is 18.8 Å². The van der Waals surface area contributed by atoms with Gasteiger partial charge in [-0.2, -0.15) is 17.0 Å². The molecule has 0 spiro atoms. The van der Waals surface area contributed by atoms with Crippen LogP contribution in [-0.4, -0.2) is 28.5 Å². The van der Waals surface area contributed by atoms with E-state index in [4.69, 9.17) is 5.26 Å². The lowest BCUT2D eigenvalue weighted by molar-refractivity contribution is 0.190. The number of hydrogen-bond donors (Lipinski definition) is 0. The third-order valence-electron chi connectivity index (χ3n) is 3.36. The molecule has 0 aliphatic carbocycles. The Hall–Kier alpha value is -0.980. The van der Waals surface area contributed by atoms with Crippen LogP contribution in [0.4, 0.5) is 0 Å². The zero-order valence-corrected chi connectivity index (χ0v) is 11.9. The topological polar surface area (TPSA) is 27.0 Å². The SMILES string of the molecule is CC1(C)CN(C(CC#N)c2ccccc2)CCS1. The Balaban J connectivity index is 2.18. The lowest BCUT2D eigenvalue weighted by Gasteiger charge is -2.41. The summed E-state index contributed by atoms with van der Waals surface area (Å²) in [5, 5.41) is 9.08. The normalized spacial score (nSPS) is 21.2. The summed E-state index contributed by atoms with van der Waals surface area (Å²) in [6.07, 6.45) is 0.574. The summed E-state index contributed by atoms with van der Waals surface area (Å²) in [6.45, 7) is 6.71. The first-order valence-corrected chi connectivity index (χ1v) is 7.41. The Bertz CT molecular complexity index is 422. The number of thioether (sulfide) groups is 1. The van der Waals surface area contributed by atoms with Crippen molar-refractivity contribution in [2.45, 2.75) is 31.1 Å². The van der Waals surface area contributed by atoms with Crippen LogP contribution in [0.5, 0.6) is 0 Å². The number of rotatable bonds is 3. The van der Waals surface area contributed by atoms with Crippen molar-refractivity contribution in [1.82, 2.24) is 4.90 Å². The zero-order chi connectivity index (χ0) is 13.0. The summed E-state index contributed by atoms with van der Waals surface area (Å²) >= 11 is 2.03. The van der Waals surface area contributed by atoms with E-state index in [9.17, 15) is 0 Å². The largest absolute Gasteiger partial charge is 0.293 e. The third-order valence-corrected chi connectivity index (χ3v) is 4.66. The van der Waals surface area contributed by atoms with Gasteiger partial charge in [0.1, 0.15) is 0 Å². The fourth-order valence-corrected chi connectivity index (χ4v) is 3.67.